The summed E-state index contributed by atoms with van der Waals surface area (Å²) in [5, 5.41) is 0. The zero-order valence-corrected chi connectivity index (χ0v) is 13.4. The molecule has 2 aliphatic rings. The molecule has 4 nitrogen and oxygen atoms in total. The molecule has 1 amide bonds. The summed E-state index contributed by atoms with van der Waals surface area (Å²) in [5.41, 5.74) is 1.83. The van der Waals surface area contributed by atoms with Crippen molar-refractivity contribution < 1.29 is 13.9 Å². The molecule has 0 aromatic heterocycles. The van der Waals surface area contributed by atoms with Crippen molar-refractivity contribution in [3.8, 4) is 0 Å². The number of cyclic esters (lactones) is 1. The summed E-state index contributed by atoms with van der Waals surface area (Å²) in [6, 6.07) is 4.70. The molecule has 0 unspecified atom stereocenters. The molecular weight excluding hydrogens is 283 g/mol. The van der Waals surface area contributed by atoms with Crippen LogP contribution in [0.2, 0.25) is 0 Å². The fourth-order valence-electron chi connectivity index (χ4n) is 3.32. The second-order valence-corrected chi connectivity index (χ2v) is 7.43. The van der Waals surface area contributed by atoms with Gasteiger partial charge < -0.3 is 4.74 Å². The van der Waals surface area contributed by atoms with Crippen LogP contribution >= 0.6 is 0 Å². The lowest BCUT2D eigenvalue weighted by molar-refractivity contribution is 0.169. The minimum absolute atomic E-state index is 0.00387. The van der Waals surface area contributed by atoms with Crippen LogP contribution < -0.4 is 4.90 Å². The number of nitrogens with zero attached hydrogens (tertiary/aromatic N) is 2. The molecule has 120 valence electrons. The van der Waals surface area contributed by atoms with E-state index in [1.54, 1.807) is 11.0 Å². The first-order chi connectivity index (χ1) is 10.3. The maximum absolute atomic E-state index is 13.7. The Kier molecular flexibility index (Phi) is 3.85. The van der Waals surface area contributed by atoms with Crippen LogP contribution in [0.3, 0.4) is 0 Å². The van der Waals surface area contributed by atoms with Gasteiger partial charge in [-0.15, -0.1) is 0 Å². The molecule has 0 bridgehead atoms. The summed E-state index contributed by atoms with van der Waals surface area (Å²) in [6.07, 6.45) is 0.485. The second-order valence-electron chi connectivity index (χ2n) is 7.43. The summed E-state index contributed by atoms with van der Waals surface area (Å²) in [6.45, 7) is 9.63. The smallest absolute Gasteiger partial charge is 0.414 e. The average molecular weight is 306 g/mol. The predicted molar refractivity (Wildman–Crippen MR) is 83.4 cm³/mol. The Morgan fingerprint density at radius 1 is 1.36 bits per heavy atom. The largest absolute Gasteiger partial charge is 0.447 e. The van der Waals surface area contributed by atoms with Crippen molar-refractivity contribution in [3.05, 3.63) is 29.6 Å². The normalized spacial score (nSPS) is 22.6. The Labute approximate surface area is 130 Å². The molecule has 5 heteroatoms. The SMILES string of the molecule is CC(C)(C)CN1CC[C@H]2COC(=O)N2c2cc(F)ccc2C1. The van der Waals surface area contributed by atoms with E-state index >= 15 is 0 Å². The number of carbonyl (C=O) groups is 1. The Balaban J connectivity index is 1.96. The van der Waals surface area contributed by atoms with Gasteiger partial charge in [0.05, 0.1) is 11.7 Å². The van der Waals surface area contributed by atoms with Gasteiger partial charge in [-0.3, -0.25) is 9.80 Å². The molecule has 2 aliphatic heterocycles. The third-order valence-corrected chi connectivity index (χ3v) is 4.14. The molecule has 1 aromatic carbocycles. The second kappa shape index (κ2) is 5.54. The summed E-state index contributed by atoms with van der Waals surface area (Å²) in [5.74, 6) is -0.319. The molecule has 1 fully saturated rings. The van der Waals surface area contributed by atoms with Crippen molar-refractivity contribution in [2.75, 3.05) is 24.6 Å². The molecule has 0 N–H and O–H groups in total. The molecule has 1 aromatic rings. The van der Waals surface area contributed by atoms with E-state index in [9.17, 15) is 9.18 Å². The lowest BCUT2D eigenvalue weighted by Gasteiger charge is -2.35. The van der Waals surface area contributed by atoms with Crippen LogP contribution in [0.5, 0.6) is 0 Å². The number of carbonyl (C=O) groups excluding carboxylic acids is 1. The number of hydrogen-bond acceptors (Lipinski definition) is 3. The van der Waals surface area contributed by atoms with Gasteiger partial charge in [-0.05, 0) is 29.5 Å². The topological polar surface area (TPSA) is 32.8 Å². The zero-order valence-electron chi connectivity index (χ0n) is 13.4. The maximum Gasteiger partial charge on any atom is 0.414 e. The van der Waals surface area contributed by atoms with Gasteiger partial charge in [0, 0.05) is 19.6 Å². The molecule has 1 atom stereocenters. The molecule has 0 saturated carbocycles. The molecule has 2 heterocycles. The van der Waals surface area contributed by atoms with E-state index in [-0.39, 0.29) is 23.4 Å². The summed E-state index contributed by atoms with van der Waals surface area (Å²) >= 11 is 0. The molecule has 0 spiro atoms. The predicted octanol–water partition coefficient (Wildman–Crippen LogP) is 3.40. The maximum atomic E-state index is 13.7. The highest BCUT2D eigenvalue weighted by molar-refractivity contribution is 5.91. The van der Waals surface area contributed by atoms with E-state index in [2.05, 4.69) is 25.7 Å². The van der Waals surface area contributed by atoms with Crippen molar-refractivity contribution >= 4 is 11.8 Å². The highest BCUT2D eigenvalue weighted by Gasteiger charge is 2.37. The summed E-state index contributed by atoms with van der Waals surface area (Å²) < 4.78 is 18.9. The molecule has 0 radical (unpaired) electrons. The number of halogens is 1. The van der Waals surface area contributed by atoms with Crippen molar-refractivity contribution in [2.24, 2.45) is 5.41 Å². The highest BCUT2D eigenvalue weighted by atomic mass is 19.1. The number of ether oxygens (including phenoxy) is 1. The first-order valence-corrected chi connectivity index (χ1v) is 7.80. The van der Waals surface area contributed by atoms with Crippen molar-refractivity contribution in [1.29, 1.82) is 0 Å². The van der Waals surface area contributed by atoms with Gasteiger partial charge in [-0.2, -0.15) is 0 Å². The van der Waals surface area contributed by atoms with Gasteiger partial charge in [0.2, 0.25) is 0 Å². The summed E-state index contributed by atoms with van der Waals surface area (Å²) in [7, 11) is 0. The van der Waals surface area contributed by atoms with E-state index in [0.29, 0.717) is 12.3 Å². The van der Waals surface area contributed by atoms with E-state index in [1.165, 1.54) is 12.1 Å². The van der Waals surface area contributed by atoms with E-state index < -0.39 is 0 Å². The molecule has 3 rings (SSSR count). The van der Waals surface area contributed by atoms with Crippen molar-refractivity contribution in [2.45, 2.75) is 39.8 Å². The first kappa shape index (κ1) is 15.3. The number of benzene rings is 1. The molecule has 1 saturated heterocycles. The standard InChI is InChI=1S/C17H23FN2O2/c1-17(2,3)11-19-7-6-14-10-22-16(21)20(14)15-8-13(18)5-4-12(15)9-19/h4-5,8,14H,6-7,9-11H2,1-3H3/t14-/m0/s1. The Morgan fingerprint density at radius 3 is 2.86 bits per heavy atom. The average Bonchev–Trinajstić information content (AvgIpc) is 2.75. The zero-order chi connectivity index (χ0) is 15.9. The van der Waals surface area contributed by atoms with Crippen LogP contribution in [0.15, 0.2) is 18.2 Å². The van der Waals surface area contributed by atoms with Crippen LogP contribution in [-0.4, -0.2) is 36.7 Å². The van der Waals surface area contributed by atoms with Crippen molar-refractivity contribution in [3.63, 3.8) is 0 Å². The van der Waals surface area contributed by atoms with Crippen LogP contribution in [0.1, 0.15) is 32.8 Å². The Bertz CT molecular complexity index is 583. The van der Waals surface area contributed by atoms with Crippen LogP contribution in [0.4, 0.5) is 14.9 Å². The number of fused-ring (bicyclic) bond motifs is 3. The minimum Gasteiger partial charge on any atom is -0.447 e. The quantitative estimate of drug-likeness (QED) is 0.797. The van der Waals surface area contributed by atoms with E-state index in [1.807, 2.05) is 0 Å². The molecular formula is C17H23FN2O2. The first-order valence-electron chi connectivity index (χ1n) is 7.80. The highest BCUT2D eigenvalue weighted by Crippen LogP contribution is 2.33. The Morgan fingerprint density at radius 2 is 2.14 bits per heavy atom. The van der Waals surface area contributed by atoms with Crippen LogP contribution in [-0.2, 0) is 11.3 Å². The fourth-order valence-corrected chi connectivity index (χ4v) is 3.32. The van der Waals surface area contributed by atoms with E-state index in [4.69, 9.17) is 4.74 Å². The fraction of sp³-hybridized carbons (Fsp3) is 0.588. The monoisotopic (exact) mass is 306 g/mol. The third-order valence-electron chi connectivity index (χ3n) is 4.14. The lowest BCUT2D eigenvalue weighted by atomic mass is 9.95. The van der Waals surface area contributed by atoms with Gasteiger partial charge >= 0.3 is 6.09 Å². The third kappa shape index (κ3) is 3.09. The van der Waals surface area contributed by atoms with Gasteiger partial charge in [-0.1, -0.05) is 26.8 Å². The molecule has 22 heavy (non-hydrogen) atoms. The van der Waals surface area contributed by atoms with E-state index in [0.717, 1.165) is 31.6 Å². The van der Waals surface area contributed by atoms with Gasteiger partial charge in [0.1, 0.15) is 12.4 Å². The van der Waals surface area contributed by atoms with Gasteiger partial charge in [-0.25, -0.2) is 9.18 Å². The number of rotatable bonds is 1. The van der Waals surface area contributed by atoms with Crippen LogP contribution in [0, 0.1) is 11.2 Å². The van der Waals surface area contributed by atoms with Gasteiger partial charge in [0.15, 0.2) is 0 Å². The molecule has 0 aliphatic carbocycles. The van der Waals surface area contributed by atoms with Crippen LogP contribution in [0.25, 0.3) is 0 Å². The Hall–Kier alpha value is -1.62. The lowest BCUT2D eigenvalue weighted by Crippen LogP contribution is -2.42. The van der Waals surface area contributed by atoms with Crippen molar-refractivity contribution in [1.82, 2.24) is 4.90 Å². The summed E-state index contributed by atoms with van der Waals surface area (Å²) in [4.78, 5) is 16.0. The minimum atomic E-state index is -0.360. The number of hydrogen-bond donors (Lipinski definition) is 0. The number of amides is 1. The number of anilines is 1. The van der Waals surface area contributed by atoms with Gasteiger partial charge in [0.25, 0.3) is 0 Å².